The predicted octanol–water partition coefficient (Wildman–Crippen LogP) is 2.14. The van der Waals surface area contributed by atoms with Crippen molar-refractivity contribution in [3.05, 3.63) is 0 Å². The lowest BCUT2D eigenvalue weighted by Crippen LogP contribution is -2.39. The molecule has 0 aromatic carbocycles. The Bertz CT molecular complexity index is 185. The zero-order chi connectivity index (χ0) is 10.8. The minimum Gasteiger partial charge on any atom is -0.330 e. The summed E-state index contributed by atoms with van der Waals surface area (Å²) in [6.45, 7) is 11.0. The van der Waals surface area contributed by atoms with Crippen molar-refractivity contribution < 1.29 is 0 Å². The van der Waals surface area contributed by atoms with Crippen LogP contribution in [-0.4, -0.2) is 19.1 Å². The van der Waals surface area contributed by atoms with Gasteiger partial charge in [-0.1, -0.05) is 27.7 Å². The van der Waals surface area contributed by atoms with Crippen LogP contribution in [-0.2, 0) is 0 Å². The van der Waals surface area contributed by atoms with Crippen LogP contribution in [0.3, 0.4) is 0 Å². The Kier molecular flexibility index (Phi) is 3.59. The maximum absolute atomic E-state index is 5.70. The molecule has 0 saturated heterocycles. The number of hydrogen-bond donors (Lipinski definition) is 2. The van der Waals surface area contributed by atoms with Crippen LogP contribution in [0.1, 0.15) is 47.0 Å². The van der Waals surface area contributed by atoms with E-state index >= 15 is 0 Å². The summed E-state index contributed by atoms with van der Waals surface area (Å²) in [5.74, 6) is 0. The summed E-state index contributed by atoms with van der Waals surface area (Å²) in [6, 6.07) is 0.718. The van der Waals surface area contributed by atoms with Crippen LogP contribution in [0.25, 0.3) is 0 Å². The first kappa shape index (κ1) is 12.0. The number of nitrogens with one attached hydrogen (secondary N) is 1. The highest BCUT2D eigenvalue weighted by Gasteiger charge is 2.31. The molecule has 0 amide bonds. The monoisotopic (exact) mass is 198 g/mol. The van der Waals surface area contributed by atoms with Crippen LogP contribution in [0.2, 0.25) is 0 Å². The fourth-order valence-electron chi connectivity index (χ4n) is 2.10. The van der Waals surface area contributed by atoms with Gasteiger partial charge in [-0.05, 0) is 36.6 Å². The number of nitrogens with two attached hydrogens (primary N) is 1. The molecule has 1 fully saturated rings. The van der Waals surface area contributed by atoms with Crippen molar-refractivity contribution in [3.8, 4) is 0 Å². The molecule has 84 valence electrons. The summed E-state index contributed by atoms with van der Waals surface area (Å²) < 4.78 is 0. The molecule has 0 radical (unpaired) electrons. The predicted molar refractivity (Wildman–Crippen MR) is 62.3 cm³/mol. The van der Waals surface area contributed by atoms with Gasteiger partial charge < -0.3 is 11.1 Å². The van der Waals surface area contributed by atoms with Gasteiger partial charge in [-0.25, -0.2) is 0 Å². The lowest BCUT2D eigenvalue weighted by molar-refractivity contribution is 0.313. The van der Waals surface area contributed by atoms with E-state index in [2.05, 4.69) is 33.0 Å². The molecule has 0 aromatic heterocycles. The van der Waals surface area contributed by atoms with Crippen LogP contribution in [0, 0.1) is 10.8 Å². The highest BCUT2D eigenvalue weighted by Crippen LogP contribution is 2.37. The van der Waals surface area contributed by atoms with Gasteiger partial charge in [-0.15, -0.1) is 0 Å². The van der Waals surface area contributed by atoms with Crippen molar-refractivity contribution >= 4 is 0 Å². The van der Waals surface area contributed by atoms with Gasteiger partial charge in [0.2, 0.25) is 0 Å². The average molecular weight is 198 g/mol. The molecule has 14 heavy (non-hydrogen) atoms. The van der Waals surface area contributed by atoms with Gasteiger partial charge in [0.25, 0.3) is 0 Å². The van der Waals surface area contributed by atoms with Gasteiger partial charge in [-0.2, -0.15) is 0 Å². The third-order valence-electron chi connectivity index (χ3n) is 3.39. The van der Waals surface area contributed by atoms with Crippen LogP contribution in [0.5, 0.6) is 0 Å². The highest BCUT2D eigenvalue weighted by atomic mass is 14.9. The molecule has 0 spiro atoms. The van der Waals surface area contributed by atoms with Crippen molar-refractivity contribution in [2.24, 2.45) is 16.6 Å². The van der Waals surface area contributed by atoms with Gasteiger partial charge in [0.1, 0.15) is 0 Å². The molecular weight excluding hydrogens is 172 g/mol. The van der Waals surface area contributed by atoms with Crippen LogP contribution >= 0.6 is 0 Å². The standard InChI is InChI=1S/C12H26N2/c1-11(2)6-5-10(7-11)14-9-12(3,4)8-13/h10,14H,5-9,13H2,1-4H3. The maximum atomic E-state index is 5.70. The summed E-state index contributed by atoms with van der Waals surface area (Å²) >= 11 is 0. The molecule has 1 rings (SSSR count). The molecule has 2 heteroatoms. The first-order valence-corrected chi connectivity index (χ1v) is 5.78. The smallest absolute Gasteiger partial charge is 0.00725 e. The van der Waals surface area contributed by atoms with E-state index in [1.165, 1.54) is 19.3 Å². The Morgan fingerprint density at radius 1 is 1.43 bits per heavy atom. The number of hydrogen-bond acceptors (Lipinski definition) is 2. The average Bonchev–Trinajstić information content (AvgIpc) is 2.43. The lowest BCUT2D eigenvalue weighted by Gasteiger charge is -2.26. The Morgan fingerprint density at radius 3 is 2.50 bits per heavy atom. The zero-order valence-electron chi connectivity index (χ0n) is 10.2. The molecule has 3 N–H and O–H groups in total. The van der Waals surface area contributed by atoms with Crippen molar-refractivity contribution in [2.75, 3.05) is 13.1 Å². The molecule has 1 atom stereocenters. The fourth-order valence-corrected chi connectivity index (χ4v) is 2.10. The second-order valence-electron chi connectivity index (χ2n) is 6.35. The molecule has 1 aliphatic carbocycles. The van der Waals surface area contributed by atoms with E-state index in [-0.39, 0.29) is 5.41 Å². The van der Waals surface area contributed by atoms with E-state index in [4.69, 9.17) is 5.73 Å². The highest BCUT2D eigenvalue weighted by molar-refractivity contribution is 4.87. The molecule has 0 aromatic rings. The van der Waals surface area contributed by atoms with E-state index in [1.54, 1.807) is 0 Å². The minimum atomic E-state index is 0.243. The van der Waals surface area contributed by atoms with Crippen molar-refractivity contribution in [1.29, 1.82) is 0 Å². The molecule has 0 aliphatic heterocycles. The first-order valence-electron chi connectivity index (χ1n) is 5.78. The normalized spacial score (nSPS) is 26.8. The van der Waals surface area contributed by atoms with E-state index in [0.29, 0.717) is 5.41 Å². The molecule has 2 nitrogen and oxygen atoms in total. The molecule has 1 unspecified atom stereocenters. The summed E-state index contributed by atoms with van der Waals surface area (Å²) in [5.41, 5.74) is 6.49. The third-order valence-corrected chi connectivity index (χ3v) is 3.39. The largest absolute Gasteiger partial charge is 0.330 e. The minimum absolute atomic E-state index is 0.243. The Labute approximate surface area is 88.6 Å². The summed E-state index contributed by atoms with van der Waals surface area (Å²) in [4.78, 5) is 0. The first-order chi connectivity index (χ1) is 6.35. The van der Waals surface area contributed by atoms with Gasteiger partial charge >= 0.3 is 0 Å². The van der Waals surface area contributed by atoms with Crippen molar-refractivity contribution in [3.63, 3.8) is 0 Å². The van der Waals surface area contributed by atoms with E-state index in [0.717, 1.165) is 19.1 Å². The van der Waals surface area contributed by atoms with E-state index in [1.807, 2.05) is 0 Å². The molecule has 1 aliphatic rings. The van der Waals surface area contributed by atoms with Gasteiger partial charge in [0, 0.05) is 12.6 Å². The van der Waals surface area contributed by atoms with E-state index in [9.17, 15) is 0 Å². The van der Waals surface area contributed by atoms with Crippen molar-refractivity contribution in [2.45, 2.75) is 53.0 Å². The van der Waals surface area contributed by atoms with E-state index < -0.39 is 0 Å². The summed E-state index contributed by atoms with van der Waals surface area (Å²) in [5, 5.41) is 3.65. The second-order valence-corrected chi connectivity index (χ2v) is 6.35. The van der Waals surface area contributed by atoms with Crippen LogP contribution in [0.15, 0.2) is 0 Å². The Hall–Kier alpha value is -0.0800. The SMILES string of the molecule is CC(C)(CN)CNC1CCC(C)(C)C1. The number of rotatable bonds is 4. The molecular formula is C12H26N2. The lowest BCUT2D eigenvalue weighted by atomic mass is 9.91. The van der Waals surface area contributed by atoms with Gasteiger partial charge in [0.05, 0.1) is 0 Å². The van der Waals surface area contributed by atoms with Gasteiger partial charge in [-0.3, -0.25) is 0 Å². The summed E-state index contributed by atoms with van der Waals surface area (Å²) in [7, 11) is 0. The third kappa shape index (κ3) is 3.58. The fraction of sp³-hybridized carbons (Fsp3) is 1.00. The second kappa shape index (κ2) is 4.19. The van der Waals surface area contributed by atoms with Crippen LogP contribution < -0.4 is 11.1 Å². The van der Waals surface area contributed by atoms with Crippen molar-refractivity contribution in [1.82, 2.24) is 5.32 Å². The Morgan fingerprint density at radius 2 is 2.07 bits per heavy atom. The molecule has 0 bridgehead atoms. The zero-order valence-corrected chi connectivity index (χ0v) is 10.2. The topological polar surface area (TPSA) is 38.0 Å². The van der Waals surface area contributed by atoms with Crippen LogP contribution in [0.4, 0.5) is 0 Å². The molecule has 0 heterocycles. The summed E-state index contributed by atoms with van der Waals surface area (Å²) in [6.07, 6.45) is 4.00. The Balaban J connectivity index is 2.27. The molecule has 1 saturated carbocycles. The maximum Gasteiger partial charge on any atom is 0.00725 e. The quantitative estimate of drug-likeness (QED) is 0.726. The van der Waals surface area contributed by atoms with Gasteiger partial charge in [0.15, 0.2) is 0 Å².